The topological polar surface area (TPSA) is 45.5 Å². The highest BCUT2D eigenvalue weighted by atomic mass is 16.3. The third kappa shape index (κ3) is 2.05. The third-order valence-corrected chi connectivity index (χ3v) is 5.59. The van der Waals surface area contributed by atoms with Crippen molar-refractivity contribution in [3.05, 3.63) is 36.1 Å². The summed E-state index contributed by atoms with van der Waals surface area (Å²) in [6.07, 6.45) is 4.03. The molecule has 1 amide bonds. The number of nitrogens with zero attached hydrogens (tertiary/aromatic N) is 1. The van der Waals surface area contributed by atoms with Crippen LogP contribution in [-0.2, 0) is 0 Å². The maximum atomic E-state index is 12.7. The lowest BCUT2D eigenvalue weighted by atomic mass is 9.72. The molecule has 0 radical (unpaired) electrons. The van der Waals surface area contributed by atoms with Crippen LogP contribution >= 0.6 is 0 Å². The summed E-state index contributed by atoms with van der Waals surface area (Å²) in [6.45, 7) is 6.82. The van der Waals surface area contributed by atoms with E-state index in [1.165, 1.54) is 12.8 Å². The summed E-state index contributed by atoms with van der Waals surface area (Å²) < 4.78 is 5.34. The maximum absolute atomic E-state index is 12.7. The van der Waals surface area contributed by atoms with Crippen LogP contribution in [0.4, 0.5) is 0 Å². The number of fused-ring (bicyclic) bond motifs is 4. The predicted molar refractivity (Wildman–Crippen MR) is 85.8 cm³/mol. The van der Waals surface area contributed by atoms with Crippen molar-refractivity contribution in [2.45, 2.75) is 38.3 Å². The molecule has 3 aliphatic rings. The first-order valence-corrected chi connectivity index (χ1v) is 8.09. The second-order valence-electron chi connectivity index (χ2n) is 7.10. The number of carbonyl (C=O) groups is 1. The largest absolute Gasteiger partial charge is 0.464 e. The molecule has 4 heterocycles. The number of furan rings is 1. The second-order valence-corrected chi connectivity index (χ2v) is 7.10. The molecule has 3 aliphatic heterocycles. The van der Waals surface area contributed by atoms with Gasteiger partial charge in [0, 0.05) is 22.5 Å². The standard InChI is InChI=1S/C18H22N2O2/c1-18(2)16(12-5-8-20(18)9-6-12)19-17(21)14-3-4-15-13(11-14)7-10-22-15/h3-4,7,10-12,16H,5-6,8-9H2,1-2H3,(H,19,21)/t16-/m1/s1. The van der Waals surface area contributed by atoms with E-state index in [4.69, 9.17) is 4.42 Å². The molecule has 0 saturated carbocycles. The van der Waals surface area contributed by atoms with Crippen molar-refractivity contribution < 1.29 is 9.21 Å². The molecule has 5 rings (SSSR count). The minimum absolute atomic E-state index is 0.0231. The Morgan fingerprint density at radius 3 is 2.77 bits per heavy atom. The van der Waals surface area contributed by atoms with E-state index >= 15 is 0 Å². The average molecular weight is 298 g/mol. The van der Waals surface area contributed by atoms with Crippen LogP contribution in [0.25, 0.3) is 11.0 Å². The van der Waals surface area contributed by atoms with Crippen molar-refractivity contribution >= 4 is 16.9 Å². The fourth-order valence-electron chi connectivity index (χ4n) is 4.21. The first kappa shape index (κ1) is 13.8. The summed E-state index contributed by atoms with van der Waals surface area (Å²) in [4.78, 5) is 15.2. The van der Waals surface area contributed by atoms with Gasteiger partial charge >= 0.3 is 0 Å². The zero-order chi connectivity index (χ0) is 15.3. The van der Waals surface area contributed by atoms with Gasteiger partial charge in [-0.3, -0.25) is 9.69 Å². The molecular weight excluding hydrogens is 276 g/mol. The van der Waals surface area contributed by atoms with Crippen LogP contribution in [0.5, 0.6) is 0 Å². The highest BCUT2D eigenvalue weighted by molar-refractivity contribution is 5.98. The van der Waals surface area contributed by atoms with Crippen molar-refractivity contribution in [3.8, 4) is 0 Å². The van der Waals surface area contributed by atoms with Crippen molar-refractivity contribution in [2.24, 2.45) is 5.92 Å². The zero-order valence-corrected chi connectivity index (χ0v) is 13.1. The number of rotatable bonds is 2. The summed E-state index contributed by atoms with van der Waals surface area (Å²) in [5.74, 6) is 0.622. The Kier molecular flexibility index (Phi) is 3.05. The number of piperidine rings is 3. The lowest BCUT2D eigenvalue weighted by Gasteiger charge is -2.56. The molecule has 1 atom stereocenters. The fourth-order valence-corrected chi connectivity index (χ4v) is 4.21. The Morgan fingerprint density at radius 1 is 1.27 bits per heavy atom. The van der Waals surface area contributed by atoms with Gasteiger partial charge < -0.3 is 9.73 Å². The smallest absolute Gasteiger partial charge is 0.251 e. The van der Waals surface area contributed by atoms with Gasteiger partial charge in [-0.15, -0.1) is 0 Å². The van der Waals surface area contributed by atoms with Gasteiger partial charge in [-0.25, -0.2) is 0 Å². The van der Waals surface area contributed by atoms with Gasteiger partial charge in [0.25, 0.3) is 5.91 Å². The Labute approximate surface area is 130 Å². The zero-order valence-electron chi connectivity index (χ0n) is 13.1. The number of hydrogen-bond acceptors (Lipinski definition) is 3. The molecule has 1 N–H and O–H groups in total. The molecule has 2 aromatic rings. The lowest BCUT2D eigenvalue weighted by molar-refractivity contribution is -0.0378. The van der Waals surface area contributed by atoms with Crippen LogP contribution in [0.2, 0.25) is 0 Å². The van der Waals surface area contributed by atoms with Crippen LogP contribution in [0.3, 0.4) is 0 Å². The van der Waals surface area contributed by atoms with E-state index in [0.29, 0.717) is 11.5 Å². The summed E-state index contributed by atoms with van der Waals surface area (Å²) in [6, 6.07) is 7.73. The molecule has 0 unspecified atom stereocenters. The Bertz CT molecular complexity index is 711. The SMILES string of the molecule is CC1(C)[C@H](NC(=O)c2ccc3occc3c2)C2CCN1CC2. The molecular formula is C18H22N2O2. The highest BCUT2D eigenvalue weighted by Gasteiger charge is 2.48. The molecule has 3 fully saturated rings. The van der Waals surface area contributed by atoms with E-state index in [2.05, 4.69) is 24.1 Å². The molecule has 116 valence electrons. The molecule has 4 heteroatoms. The van der Waals surface area contributed by atoms with E-state index < -0.39 is 0 Å². The van der Waals surface area contributed by atoms with Gasteiger partial charge in [-0.1, -0.05) is 0 Å². The molecule has 22 heavy (non-hydrogen) atoms. The van der Waals surface area contributed by atoms with E-state index in [1.54, 1.807) is 6.26 Å². The summed E-state index contributed by atoms with van der Waals surface area (Å²) in [7, 11) is 0. The maximum Gasteiger partial charge on any atom is 0.251 e. The summed E-state index contributed by atoms with van der Waals surface area (Å²) in [5.41, 5.74) is 1.57. The molecule has 3 saturated heterocycles. The molecule has 1 aromatic carbocycles. The highest BCUT2D eigenvalue weighted by Crippen LogP contribution is 2.39. The summed E-state index contributed by atoms with van der Waals surface area (Å²) in [5, 5.41) is 4.28. The van der Waals surface area contributed by atoms with E-state index in [-0.39, 0.29) is 17.5 Å². The van der Waals surface area contributed by atoms with E-state index in [0.717, 1.165) is 24.1 Å². The Morgan fingerprint density at radius 2 is 2.05 bits per heavy atom. The fraction of sp³-hybridized carbons (Fsp3) is 0.500. The normalized spacial score (nSPS) is 29.6. The minimum atomic E-state index is 0.0231. The number of amides is 1. The van der Waals surface area contributed by atoms with Crippen LogP contribution in [0, 0.1) is 5.92 Å². The van der Waals surface area contributed by atoms with Crippen LogP contribution in [0.1, 0.15) is 37.0 Å². The van der Waals surface area contributed by atoms with Gasteiger partial charge in [0.05, 0.1) is 6.26 Å². The quantitative estimate of drug-likeness (QED) is 0.927. The minimum Gasteiger partial charge on any atom is -0.464 e. The van der Waals surface area contributed by atoms with Gasteiger partial charge in [0.2, 0.25) is 0 Å². The predicted octanol–water partition coefficient (Wildman–Crippen LogP) is 3.04. The van der Waals surface area contributed by atoms with Crippen LogP contribution < -0.4 is 5.32 Å². The number of hydrogen-bond donors (Lipinski definition) is 1. The first-order valence-electron chi connectivity index (χ1n) is 8.09. The Balaban J connectivity index is 1.58. The van der Waals surface area contributed by atoms with E-state index in [9.17, 15) is 4.79 Å². The monoisotopic (exact) mass is 298 g/mol. The number of nitrogens with one attached hydrogen (secondary N) is 1. The summed E-state index contributed by atoms with van der Waals surface area (Å²) >= 11 is 0. The number of benzene rings is 1. The second kappa shape index (κ2) is 4.85. The average Bonchev–Trinajstić information content (AvgIpc) is 2.98. The van der Waals surface area contributed by atoms with Crippen LogP contribution in [0.15, 0.2) is 34.9 Å². The lowest BCUT2D eigenvalue weighted by Crippen LogP contribution is -2.69. The third-order valence-electron chi connectivity index (χ3n) is 5.59. The van der Waals surface area contributed by atoms with Crippen molar-refractivity contribution in [1.29, 1.82) is 0 Å². The molecule has 0 aliphatic carbocycles. The van der Waals surface area contributed by atoms with Crippen molar-refractivity contribution in [2.75, 3.05) is 13.1 Å². The van der Waals surface area contributed by atoms with Gasteiger partial charge in [-0.2, -0.15) is 0 Å². The van der Waals surface area contributed by atoms with Crippen molar-refractivity contribution in [3.63, 3.8) is 0 Å². The number of carbonyl (C=O) groups excluding carboxylic acids is 1. The molecule has 1 aromatic heterocycles. The van der Waals surface area contributed by atoms with Crippen molar-refractivity contribution in [1.82, 2.24) is 10.2 Å². The molecule has 2 bridgehead atoms. The molecule has 4 nitrogen and oxygen atoms in total. The van der Waals surface area contributed by atoms with E-state index in [1.807, 2.05) is 24.3 Å². The Hall–Kier alpha value is -1.81. The van der Waals surface area contributed by atoms with Crippen LogP contribution in [-0.4, -0.2) is 35.5 Å². The van der Waals surface area contributed by atoms with Gasteiger partial charge in [0.15, 0.2) is 0 Å². The van der Waals surface area contributed by atoms with Gasteiger partial charge in [0.1, 0.15) is 5.58 Å². The van der Waals surface area contributed by atoms with Gasteiger partial charge in [-0.05, 0) is 70.0 Å². The first-order chi connectivity index (χ1) is 10.6. The molecule has 0 spiro atoms.